The van der Waals surface area contributed by atoms with E-state index in [1.165, 1.54) is 6.92 Å². The summed E-state index contributed by atoms with van der Waals surface area (Å²) >= 11 is 0. The lowest BCUT2D eigenvalue weighted by Gasteiger charge is -2.10. The summed E-state index contributed by atoms with van der Waals surface area (Å²) in [5, 5.41) is 3.89. The first-order valence-corrected chi connectivity index (χ1v) is 7.90. The fourth-order valence-electron chi connectivity index (χ4n) is 2.27. The highest BCUT2D eigenvalue weighted by atomic mass is 32.2. The van der Waals surface area contributed by atoms with Crippen LogP contribution in [-0.4, -0.2) is 31.5 Å². The Kier molecular flexibility index (Phi) is 4.80. The quantitative estimate of drug-likeness (QED) is 0.422. The minimum Gasteiger partial charge on any atom is -0.379 e. The van der Waals surface area contributed by atoms with Crippen LogP contribution in [0.3, 0.4) is 0 Å². The zero-order valence-electron chi connectivity index (χ0n) is 11.5. The molecule has 3 aromatic rings. The van der Waals surface area contributed by atoms with Gasteiger partial charge in [-0.3, -0.25) is 0 Å². The van der Waals surface area contributed by atoms with Crippen LogP contribution >= 0.6 is 0 Å². The number of allylic oxidation sites excluding steroid dienone is 1. The molecule has 0 N–H and O–H groups in total. The van der Waals surface area contributed by atoms with Crippen molar-refractivity contribution < 1.29 is 12.6 Å². The van der Waals surface area contributed by atoms with Gasteiger partial charge in [0.15, 0.2) is 5.75 Å². The predicted octanol–water partition coefficient (Wildman–Crippen LogP) is 3.32. The van der Waals surface area contributed by atoms with Crippen LogP contribution in [0.15, 0.2) is 66.1 Å². The Labute approximate surface area is 145 Å². The molecule has 3 rings (SSSR count). The molecule has 0 amide bonds. The Morgan fingerprint density at radius 3 is 2.32 bits per heavy atom. The molecular formula is C17H16MgO3S. The summed E-state index contributed by atoms with van der Waals surface area (Å²) in [5.74, 6) is 0.321. The molecule has 0 aliphatic heterocycles. The molecule has 3 aromatic carbocycles. The van der Waals surface area contributed by atoms with Gasteiger partial charge in [0.05, 0.1) is 4.91 Å². The average Bonchev–Trinajstić information content (AvgIpc) is 2.47. The van der Waals surface area contributed by atoms with E-state index >= 15 is 0 Å². The van der Waals surface area contributed by atoms with Crippen molar-refractivity contribution in [1.82, 2.24) is 0 Å². The molecule has 22 heavy (non-hydrogen) atoms. The Morgan fingerprint density at radius 2 is 1.59 bits per heavy atom. The van der Waals surface area contributed by atoms with E-state index in [9.17, 15) is 8.42 Å². The Bertz CT molecular complexity index is 962. The van der Waals surface area contributed by atoms with Crippen LogP contribution in [0.4, 0.5) is 0 Å². The van der Waals surface area contributed by atoms with Crippen molar-refractivity contribution in [2.24, 2.45) is 0 Å². The van der Waals surface area contributed by atoms with Gasteiger partial charge in [0.2, 0.25) is 0 Å². The van der Waals surface area contributed by atoms with Crippen LogP contribution in [-0.2, 0) is 10.1 Å². The van der Waals surface area contributed by atoms with Crippen LogP contribution in [0.1, 0.15) is 6.92 Å². The summed E-state index contributed by atoms with van der Waals surface area (Å²) in [7, 11) is -3.79. The van der Waals surface area contributed by atoms with Crippen LogP contribution in [0, 0.1) is 0 Å². The summed E-state index contributed by atoms with van der Waals surface area (Å²) in [4.78, 5) is -0.0136. The molecule has 0 radical (unpaired) electrons. The van der Waals surface area contributed by atoms with E-state index < -0.39 is 10.1 Å². The molecule has 0 fully saturated rings. The highest BCUT2D eigenvalue weighted by Gasteiger charge is 2.16. The second-order valence-electron chi connectivity index (χ2n) is 4.88. The van der Waals surface area contributed by atoms with Crippen molar-refractivity contribution in [3.8, 4) is 5.75 Å². The van der Waals surface area contributed by atoms with Gasteiger partial charge in [-0.15, -0.1) is 0 Å². The zero-order valence-corrected chi connectivity index (χ0v) is 12.4. The highest BCUT2D eigenvalue weighted by molar-refractivity contribution is 7.91. The second-order valence-corrected chi connectivity index (χ2v) is 6.65. The van der Waals surface area contributed by atoms with Gasteiger partial charge in [-0.2, -0.15) is 8.42 Å². The molecule has 0 saturated heterocycles. The second kappa shape index (κ2) is 6.28. The number of hydrogen-bond acceptors (Lipinski definition) is 3. The summed E-state index contributed by atoms with van der Waals surface area (Å²) in [6.07, 6.45) is 0. The molecule has 3 nitrogen and oxygen atoms in total. The topological polar surface area (TPSA) is 43.4 Å². The molecule has 0 atom stereocenters. The summed E-state index contributed by atoms with van der Waals surface area (Å²) in [6, 6.07) is 17.2. The van der Waals surface area contributed by atoms with Crippen molar-refractivity contribution in [2.45, 2.75) is 6.92 Å². The first-order valence-electron chi connectivity index (χ1n) is 6.49. The first kappa shape index (κ1) is 16.8. The molecule has 0 bridgehead atoms. The largest absolute Gasteiger partial charge is 0.379 e. The maximum atomic E-state index is 11.9. The van der Waals surface area contributed by atoms with Gasteiger partial charge < -0.3 is 4.18 Å². The van der Waals surface area contributed by atoms with E-state index in [0.29, 0.717) is 5.75 Å². The molecule has 0 unspecified atom stereocenters. The first-order chi connectivity index (χ1) is 9.99. The van der Waals surface area contributed by atoms with Crippen LogP contribution in [0.25, 0.3) is 21.5 Å². The highest BCUT2D eigenvalue weighted by Crippen LogP contribution is 2.32. The smallest absolute Gasteiger partial charge is 0.334 e. The fraction of sp³-hybridized carbons (Fsp3) is 0.0588. The van der Waals surface area contributed by atoms with Crippen molar-refractivity contribution in [3.05, 3.63) is 66.1 Å². The SMILES string of the molecule is C=C(C)S(=O)(=O)Oc1cccc2c1ccc1ccccc12.[MgH2]. The van der Waals surface area contributed by atoms with Gasteiger partial charge in [-0.05, 0) is 35.2 Å². The molecule has 0 aromatic heterocycles. The third kappa shape index (κ3) is 2.97. The van der Waals surface area contributed by atoms with Crippen molar-refractivity contribution in [2.75, 3.05) is 0 Å². The minimum atomic E-state index is -3.79. The standard InChI is InChI=1S/C17H14O3S.Mg.2H/c1-12(2)21(18,19)20-17-9-5-8-15-14-7-4-3-6-13(14)10-11-16(15)17;;;/h3-11H,1H2,2H3;;;. The lowest BCUT2D eigenvalue weighted by molar-refractivity contribution is 0.496. The van der Waals surface area contributed by atoms with E-state index in [4.69, 9.17) is 4.18 Å². The van der Waals surface area contributed by atoms with Gasteiger partial charge >= 0.3 is 33.2 Å². The van der Waals surface area contributed by atoms with E-state index in [1.807, 2.05) is 42.5 Å². The summed E-state index contributed by atoms with van der Waals surface area (Å²) in [6.45, 7) is 4.85. The third-order valence-electron chi connectivity index (χ3n) is 3.37. The van der Waals surface area contributed by atoms with Crippen LogP contribution in [0.5, 0.6) is 5.75 Å². The van der Waals surface area contributed by atoms with Gasteiger partial charge in [-0.1, -0.05) is 49.0 Å². The van der Waals surface area contributed by atoms with Crippen LogP contribution < -0.4 is 4.18 Å². The molecule has 0 spiro atoms. The molecule has 0 aliphatic carbocycles. The normalized spacial score (nSPS) is 11.1. The minimum absolute atomic E-state index is 0. The molecule has 0 saturated carbocycles. The molecule has 0 heterocycles. The lowest BCUT2D eigenvalue weighted by atomic mass is 10.0. The van der Waals surface area contributed by atoms with Crippen LogP contribution in [0.2, 0.25) is 0 Å². The van der Waals surface area contributed by atoms with E-state index in [2.05, 4.69) is 6.58 Å². The third-order valence-corrected chi connectivity index (χ3v) is 4.63. The van der Waals surface area contributed by atoms with Gasteiger partial charge in [-0.25, -0.2) is 0 Å². The van der Waals surface area contributed by atoms with E-state index in [0.717, 1.165) is 21.5 Å². The van der Waals surface area contributed by atoms with Crippen molar-refractivity contribution >= 4 is 54.7 Å². The fourth-order valence-corrected chi connectivity index (χ4v) is 2.80. The Balaban J connectivity index is 0.00000176. The number of hydrogen-bond donors (Lipinski definition) is 0. The molecule has 5 heteroatoms. The Hall–Kier alpha value is -1.56. The summed E-state index contributed by atoms with van der Waals surface area (Å²) < 4.78 is 29.0. The monoisotopic (exact) mass is 324 g/mol. The number of rotatable bonds is 3. The van der Waals surface area contributed by atoms with Gasteiger partial charge in [0, 0.05) is 5.39 Å². The average molecular weight is 325 g/mol. The summed E-state index contributed by atoms with van der Waals surface area (Å²) in [5.41, 5.74) is 0. The maximum absolute atomic E-state index is 11.9. The molecular weight excluding hydrogens is 309 g/mol. The van der Waals surface area contributed by atoms with Crippen molar-refractivity contribution in [3.63, 3.8) is 0 Å². The van der Waals surface area contributed by atoms with Gasteiger partial charge in [0.1, 0.15) is 0 Å². The zero-order chi connectivity index (χ0) is 15.0. The van der Waals surface area contributed by atoms with Gasteiger partial charge in [0.25, 0.3) is 0 Å². The molecule has 110 valence electrons. The van der Waals surface area contributed by atoms with Crippen molar-refractivity contribution in [1.29, 1.82) is 0 Å². The maximum Gasteiger partial charge on any atom is 0.334 e. The lowest BCUT2D eigenvalue weighted by Crippen LogP contribution is -2.09. The number of fused-ring (bicyclic) bond motifs is 3. The van der Waals surface area contributed by atoms with E-state index in [1.54, 1.807) is 12.1 Å². The number of benzene rings is 3. The molecule has 0 aliphatic rings. The van der Waals surface area contributed by atoms with E-state index in [-0.39, 0.29) is 28.0 Å². The Morgan fingerprint density at radius 1 is 0.909 bits per heavy atom. The predicted molar refractivity (Wildman–Crippen MR) is 94.4 cm³/mol.